The van der Waals surface area contributed by atoms with Crippen molar-refractivity contribution < 1.29 is 4.74 Å². The van der Waals surface area contributed by atoms with Crippen LogP contribution < -0.4 is 0 Å². The highest BCUT2D eigenvalue weighted by Crippen LogP contribution is 2.16. The van der Waals surface area contributed by atoms with Crippen molar-refractivity contribution >= 4 is 15.9 Å². The van der Waals surface area contributed by atoms with Gasteiger partial charge in [-0.3, -0.25) is 0 Å². The van der Waals surface area contributed by atoms with Crippen LogP contribution in [0.4, 0.5) is 0 Å². The SMILES string of the molecule is CCOC(C)(C)CCCBr. The first-order valence-corrected chi connectivity index (χ1v) is 4.94. The zero-order chi connectivity index (χ0) is 8.04. The topological polar surface area (TPSA) is 9.23 Å². The number of ether oxygens (including phenoxy) is 1. The second-order valence-electron chi connectivity index (χ2n) is 2.99. The molecule has 0 aromatic rings. The fraction of sp³-hybridized carbons (Fsp3) is 1.00. The van der Waals surface area contributed by atoms with Gasteiger partial charge in [-0.15, -0.1) is 0 Å². The Morgan fingerprint density at radius 2 is 2.00 bits per heavy atom. The molecule has 0 heterocycles. The summed E-state index contributed by atoms with van der Waals surface area (Å²) in [4.78, 5) is 0. The zero-order valence-corrected chi connectivity index (χ0v) is 8.70. The van der Waals surface area contributed by atoms with E-state index >= 15 is 0 Å². The van der Waals surface area contributed by atoms with Gasteiger partial charge in [-0.1, -0.05) is 15.9 Å². The Morgan fingerprint density at radius 3 is 2.40 bits per heavy atom. The van der Waals surface area contributed by atoms with E-state index in [2.05, 4.69) is 29.8 Å². The van der Waals surface area contributed by atoms with Crippen molar-refractivity contribution in [3.8, 4) is 0 Å². The van der Waals surface area contributed by atoms with E-state index in [1.807, 2.05) is 6.92 Å². The molecule has 0 amide bonds. The summed E-state index contributed by atoms with van der Waals surface area (Å²) < 4.78 is 5.51. The van der Waals surface area contributed by atoms with Crippen LogP contribution in [0.3, 0.4) is 0 Å². The molecule has 0 saturated carbocycles. The second kappa shape index (κ2) is 5.14. The first kappa shape index (κ1) is 10.4. The van der Waals surface area contributed by atoms with Crippen LogP contribution in [-0.4, -0.2) is 17.5 Å². The first-order chi connectivity index (χ1) is 4.62. The molecule has 2 heteroatoms. The van der Waals surface area contributed by atoms with Crippen molar-refractivity contribution in [1.29, 1.82) is 0 Å². The summed E-state index contributed by atoms with van der Waals surface area (Å²) in [5.41, 5.74) is 0.0719. The Labute approximate surface area is 72.3 Å². The molecule has 62 valence electrons. The lowest BCUT2D eigenvalue weighted by Gasteiger charge is -2.23. The fourth-order valence-electron chi connectivity index (χ4n) is 0.955. The maximum Gasteiger partial charge on any atom is 0.0626 e. The second-order valence-corrected chi connectivity index (χ2v) is 3.78. The van der Waals surface area contributed by atoms with Crippen LogP contribution in [0, 0.1) is 0 Å². The highest BCUT2D eigenvalue weighted by Gasteiger charge is 2.15. The molecule has 0 N–H and O–H groups in total. The summed E-state index contributed by atoms with van der Waals surface area (Å²) in [6.45, 7) is 7.13. The van der Waals surface area contributed by atoms with Crippen molar-refractivity contribution in [2.24, 2.45) is 0 Å². The lowest BCUT2D eigenvalue weighted by Crippen LogP contribution is -2.24. The Morgan fingerprint density at radius 1 is 1.40 bits per heavy atom. The molecule has 0 aliphatic rings. The minimum absolute atomic E-state index is 0.0719. The molecule has 10 heavy (non-hydrogen) atoms. The average molecular weight is 209 g/mol. The van der Waals surface area contributed by atoms with Crippen LogP contribution in [-0.2, 0) is 4.74 Å². The molecule has 0 fully saturated rings. The molecule has 0 saturated heterocycles. The van der Waals surface area contributed by atoms with Crippen LogP contribution in [0.1, 0.15) is 33.6 Å². The third-order valence-corrected chi connectivity index (χ3v) is 2.01. The molecule has 0 aliphatic heterocycles. The van der Waals surface area contributed by atoms with E-state index in [-0.39, 0.29) is 5.60 Å². The van der Waals surface area contributed by atoms with Crippen LogP contribution in [0.15, 0.2) is 0 Å². The molecule has 0 radical (unpaired) electrons. The normalized spacial score (nSPS) is 12.0. The quantitative estimate of drug-likeness (QED) is 0.632. The minimum atomic E-state index is 0.0719. The van der Waals surface area contributed by atoms with Gasteiger partial charge < -0.3 is 4.74 Å². The van der Waals surface area contributed by atoms with Gasteiger partial charge in [-0.05, 0) is 33.6 Å². The molecule has 0 bridgehead atoms. The molecule has 0 aliphatic carbocycles. The molecule has 1 nitrogen and oxygen atoms in total. The molecule has 0 rings (SSSR count). The van der Waals surface area contributed by atoms with Crippen molar-refractivity contribution in [2.75, 3.05) is 11.9 Å². The first-order valence-electron chi connectivity index (χ1n) is 3.82. The maximum absolute atomic E-state index is 5.51. The molecule has 0 spiro atoms. The lowest BCUT2D eigenvalue weighted by atomic mass is 10.0. The maximum atomic E-state index is 5.51. The standard InChI is InChI=1S/C8H17BrO/c1-4-10-8(2,3)6-5-7-9/h4-7H2,1-3H3. The van der Waals surface area contributed by atoms with Crippen LogP contribution in [0.5, 0.6) is 0 Å². The van der Waals surface area contributed by atoms with Gasteiger partial charge in [-0.25, -0.2) is 0 Å². The van der Waals surface area contributed by atoms with Gasteiger partial charge in [0.05, 0.1) is 5.60 Å². The third kappa shape index (κ3) is 5.24. The van der Waals surface area contributed by atoms with E-state index in [1.165, 1.54) is 6.42 Å². The summed E-state index contributed by atoms with van der Waals surface area (Å²) in [6, 6.07) is 0. The van der Waals surface area contributed by atoms with Gasteiger partial charge in [-0.2, -0.15) is 0 Å². The summed E-state index contributed by atoms with van der Waals surface area (Å²) in [7, 11) is 0. The van der Waals surface area contributed by atoms with Gasteiger partial charge in [0, 0.05) is 11.9 Å². The number of hydrogen-bond acceptors (Lipinski definition) is 1. The summed E-state index contributed by atoms with van der Waals surface area (Å²) in [5.74, 6) is 0. The van der Waals surface area contributed by atoms with E-state index in [1.54, 1.807) is 0 Å². The van der Waals surface area contributed by atoms with Gasteiger partial charge in [0.25, 0.3) is 0 Å². The Hall–Kier alpha value is 0.440. The van der Waals surface area contributed by atoms with E-state index in [9.17, 15) is 0 Å². The Balaban J connectivity index is 3.42. The number of halogens is 1. The fourth-order valence-corrected chi connectivity index (χ4v) is 1.24. The molecule has 0 aromatic heterocycles. The molecule has 0 atom stereocenters. The minimum Gasteiger partial charge on any atom is -0.376 e. The Bertz CT molecular complexity index is 81.3. The van der Waals surface area contributed by atoms with Gasteiger partial charge in [0.1, 0.15) is 0 Å². The number of hydrogen-bond donors (Lipinski definition) is 0. The smallest absolute Gasteiger partial charge is 0.0626 e. The van der Waals surface area contributed by atoms with Gasteiger partial charge >= 0.3 is 0 Å². The zero-order valence-electron chi connectivity index (χ0n) is 7.11. The summed E-state index contributed by atoms with van der Waals surface area (Å²) in [5, 5.41) is 1.07. The highest BCUT2D eigenvalue weighted by molar-refractivity contribution is 9.09. The van der Waals surface area contributed by atoms with E-state index in [0.717, 1.165) is 18.4 Å². The third-order valence-electron chi connectivity index (χ3n) is 1.45. The van der Waals surface area contributed by atoms with Crippen molar-refractivity contribution in [2.45, 2.75) is 39.2 Å². The predicted molar refractivity (Wildman–Crippen MR) is 48.7 cm³/mol. The van der Waals surface area contributed by atoms with E-state index < -0.39 is 0 Å². The molecule has 0 unspecified atom stereocenters. The lowest BCUT2D eigenvalue weighted by molar-refractivity contribution is -0.0162. The van der Waals surface area contributed by atoms with Crippen LogP contribution >= 0.6 is 15.9 Å². The molecular formula is C8H17BrO. The summed E-state index contributed by atoms with van der Waals surface area (Å²) >= 11 is 3.40. The number of alkyl halides is 1. The van der Waals surface area contributed by atoms with Gasteiger partial charge in [0.15, 0.2) is 0 Å². The average Bonchev–Trinajstić information content (AvgIpc) is 1.84. The van der Waals surface area contributed by atoms with Crippen LogP contribution in [0.2, 0.25) is 0 Å². The van der Waals surface area contributed by atoms with Gasteiger partial charge in [0.2, 0.25) is 0 Å². The molecule has 0 aromatic carbocycles. The Kier molecular flexibility index (Phi) is 5.36. The van der Waals surface area contributed by atoms with Crippen molar-refractivity contribution in [3.63, 3.8) is 0 Å². The largest absolute Gasteiger partial charge is 0.376 e. The highest BCUT2D eigenvalue weighted by atomic mass is 79.9. The van der Waals surface area contributed by atoms with Crippen molar-refractivity contribution in [1.82, 2.24) is 0 Å². The monoisotopic (exact) mass is 208 g/mol. The van der Waals surface area contributed by atoms with E-state index in [0.29, 0.717) is 0 Å². The summed E-state index contributed by atoms with van der Waals surface area (Å²) in [6.07, 6.45) is 2.32. The van der Waals surface area contributed by atoms with E-state index in [4.69, 9.17) is 4.74 Å². The van der Waals surface area contributed by atoms with Crippen LogP contribution in [0.25, 0.3) is 0 Å². The predicted octanol–water partition coefficient (Wildman–Crippen LogP) is 2.98. The molecular weight excluding hydrogens is 192 g/mol. The van der Waals surface area contributed by atoms with Crippen molar-refractivity contribution in [3.05, 3.63) is 0 Å². The number of rotatable bonds is 5.